The number of anilines is 1. The molecule has 0 saturated carbocycles. The number of para-hydroxylation sites is 1. The summed E-state index contributed by atoms with van der Waals surface area (Å²) in [6, 6.07) is 3.43. The van der Waals surface area contributed by atoms with E-state index < -0.39 is 23.3 Å². The van der Waals surface area contributed by atoms with Crippen LogP contribution >= 0.6 is 0 Å². The standard InChI is InChI=1S/C12H13F3N2O/c13-12(14,15)9-5-3-4-8(10(9)16)11(18)17-6-1-2-7-17/h3-5H,1-2,6-7,16H2. The highest BCUT2D eigenvalue weighted by molar-refractivity contribution is 6.00. The molecule has 1 saturated heterocycles. The molecule has 2 rings (SSSR count). The van der Waals surface area contributed by atoms with Crippen LogP contribution in [0.2, 0.25) is 0 Å². The lowest BCUT2D eigenvalue weighted by Crippen LogP contribution is -2.29. The molecule has 3 nitrogen and oxygen atoms in total. The summed E-state index contributed by atoms with van der Waals surface area (Å²) in [6.07, 6.45) is -2.78. The number of hydrogen-bond acceptors (Lipinski definition) is 2. The number of nitrogen functional groups attached to an aromatic ring is 1. The van der Waals surface area contributed by atoms with Gasteiger partial charge in [0.25, 0.3) is 5.91 Å². The first-order chi connectivity index (χ1) is 8.41. The highest BCUT2D eigenvalue weighted by Crippen LogP contribution is 2.35. The molecule has 98 valence electrons. The fourth-order valence-electron chi connectivity index (χ4n) is 2.09. The van der Waals surface area contributed by atoms with E-state index in [9.17, 15) is 18.0 Å². The van der Waals surface area contributed by atoms with Crippen LogP contribution in [0.5, 0.6) is 0 Å². The fourth-order valence-corrected chi connectivity index (χ4v) is 2.09. The minimum absolute atomic E-state index is 0.0632. The quantitative estimate of drug-likeness (QED) is 0.787. The van der Waals surface area contributed by atoms with E-state index in [2.05, 4.69) is 0 Å². The maximum atomic E-state index is 12.7. The van der Waals surface area contributed by atoms with Crippen LogP contribution in [0.25, 0.3) is 0 Å². The van der Waals surface area contributed by atoms with Crippen molar-refractivity contribution in [2.24, 2.45) is 0 Å². The molecule has 1 fully saturated rings. The molecule has 0 spiro atoms. The van der Waals surface area contributed by atoms with Crippen molar-refractivity contribution >= 4 is 11.6 Å². The normalized spacial score (nSPS) is 16.1. The molecular weight excluding hydrogens is 245 g/mol. The third-order valence-electron chi connectivity index (χ3n) is 3.04. The van der Waals surface area contributed by atoms with Gasteiger partial charge in [-0.2, -0.15) is 13.2 Å². The van der Waals surface area contributed by atoms with Gasteiger partial charge in [-0.05, 0) is 25.0 Å². The van der Waals surface area contributed by atoms with E-state index in [0.29, 0.717) is 13.1 Å². The van der Waals surface area contributed by atoms with Gasteiger partial charge in [0.1, 0.15) is 0 Å². The number of hydrogen-bond donors (Lipinski definition) is 1. The maximum Gasteiger partial charge on any atom is 0.418 e. The number of rotatable bonds is 1. The monoisotopic (exact) mass is 258 g/mol. The molecule has 0 aliphatic carbocycles. The van der Waals surface area contributed by atoms with Gasteiger partial charge >= 0.3 is 6.18 Å². The summed E-state index contributed by atoms with van der Waals surface area (Å²) in [5, 5.41) is 0. The van der Waals surface area contributed by atoms with Crippen molar-refractivity contribution in [2.45, 2.75) is 19.0 Å². The van der Waals surface area contributed by atoms with E-state index in [1.165, 1.54) is 17.0 Å². The second-order valence-corrected chi connectivity index (χ2v) is 4.26. The number of halogens is 3. The van der Waals surface area contributed by atoms with Crippen molar-refractivity contribution in [2.75, 3.05) is 18.8 Å². The van der Waals surface area contributed by atoms with Crippen LogP contribution in [0.15, 0.2) is 18.2 Å². The molecule has 18 heavy (non-hydrogen) atoms. The van der Waals surface area contributed by atoms with Crippen LogP contribution in [0.4, 0.5) is 18.9 Å². The van der Waals surface area contributed by atoms with Crippen molar-refractivity contribution in [1.29, 1.82) is 0 Å². The molecule has 1 aliphatic heterocycles. The molecule has 6 heteroatoms. The smallest absolute Gasteiger partial charge is 0.398 e. The van der Waals surface area contributed by atoms with E-state index in [1.54, 1.807) is 0 Å². The Morgan fingerprint density at radius 2 is 1.83 bits per heavy atom. The lowest BCUT2D eigenvalue weighted by Gasteiger charge is -2.18. The van der Waals surface area contributed by atoms with Gasteiger partial charge in [0.15, 0.2) is 0 Å². The summed E-state index contributed by atoms with van der Waals surface area (Å²) in [4.78, 5) is 13.6. The Kier molecular flexibility index (Phi) is 3.19. The van der Waals surface area contributed by atoms with E-state index >= 15 is 0 Å². The van der Waals surface area contributed by atoms with Crippen LogP contribution in [0.3, 0.4) is 0 Å². The zero-order valence-corrected chi connectivity index (χ0v) is 9.63. The van der Waals surface area contributed by atoms with Crippen LogP contribution in [0, 0.1) is 0 Å². The SMILES string of the molecule is Nc1c(C(=O)N2CCCC2)cccc1C(F)(F)F. The van der Waals surface area contributed by atoms with Gasteiger partial charge in [-0.3, -0.25) is 4.79 Å². The van der Waals surface area contributed by atoms with Gasteiger partial charge in [0.05, 0.1) is 16.8 Å². The van der Waals surface area contributed by atoms with Crippen LogP contribution in [0.1, 0.15) is 28.8 Å². The summed E-state index contributed by atoms with van der Waals surface area (Å²) in [5.74, 6) is -0.420. The first-order valence-electron chi connectivity index (χ1n) is 5.66. The molecule has 0 unspecified atom stereocenters. The Morgan fingerprint density at radius 3 is 2.39 bits per heavy atom. The third kappa shape index (κ3) is 2.27. The number of amides is 1. The summed E-state index contributed by atoms with van der Waals surface area (Å²) >= 11 is 0. The van der Waals surface area contributed by atoms with Gasteiger partial charge in [0, 0.05) is 13.1 Å². The number of nitrogens with zero attached hydrogens (tertiary/aromatic N) is 1. The Balaban J connectivity index is 2.36. The van der Waals surface area contributed by atoms with Crippen LogP contribution < -0.4 is 5.73 Å². The molecule has 0 radical (unpaired) electrons. The number of benzene rings is 1. The van der Waals surface area contributed by atoms with Crippen molar-refractivity contribution < 1.29 is 18.0 Å². The van der Waals surface area contributed by atoms with Crippen LogP contribution in [-0.2, 0) is 6.18 Å². The molecular formula is C12H13F3N2O. The second-order valence-electron chi connectivity index (χ2n) is 4.26. The first kappa shape index (κ1) is 12.7. The molecule has 1 aromatic rings. The molecule has 1 amide bonds. The molecule has 0 atom stereocenters. The Hall–Kier alpha value is -1.72. The Labute approximate surface area is 102 Å². The topological polar surface area (TPSA) is 46.3 Å². The fraction of sp³-hybridized carbons (Fsp3) is 0.417. The molecule has 1 aromatic carbocycles. The van der Waals surface area contributed by atoms with Crippen molar-refractivity contribution in [3.63, 3.8) is 0 Å². The van der Waals surface area contributed by atoms with Gasteiger partial charge in [-0.1, -0.05) is 6.07 Å². The third-order valence-corrected chi connectivity index (χ3v) is 3.04. The summed E-state index contributed by atoms with van der Waals surface area (Å²) < 4.78 is 38.0. The predicted molar refractivity (Wildman–Crippen MR) is 61.0 cm³/mol. The molecule has 2 N–H and O–H groups in total. The van der Waals surface area contributed by atoms with Gasteiger partial charge in [0.2, 0.25) is 0 Å². The molecule has 0 aromatic heterocycles. The second kappa shape index (κ2) is 4.51. The zero-order chi connectivity index (χ0) is 13.3. The maximum absolute atomic E-state index is 12.7. The van der Waals surface area contributed by atoms with E-state index in [1.807, 2.05) is 0 Å². The van der Waals surface area contributed by atoms with Crippen molar-refractivity contribution in [3.8, 4) is 0 Å². The minimum Gasteiger partial charge on any atom is -0.398 e. The predicted octanol–water partition coefficient (Wildman–Crippen LogP) is 2.52. The summed E-state index contributed by atoms with van der Waals surface area (Å²) in [7, 11) is 0. The first-order valence-corrected chi connectivity index (χ1v) is 5.66. The highest BCUT2D eigenvalue weighted by atomic mass is 19.4. The highest BCUT2D eigenvalue weighted by Gasteiger charge is 2.35. The van der Waals surface area contributed by atoms with Gasteiger partial charge in [-0.15, -0.1) is 0 Å². The van der Waals surface area contributed by atoms with E-state index in [-0.39, 0.29) is 5.56 Å². The van der Waals surface area contributed by atoms with E-state index in [0.717, 1.165) is 18.9 Å². The van der Waals surface area contributed by atoms with Crippen molar-refractivity contribution in [1.82, 2.24) is 4.90 Å². The number of nitrogens with two attached hydrogens (primary N) is 1. The molecule has 0 bridgehead atoms. The lowest BCUT2D eigenvalue weighted by atomic mass is 10.1. The zero-order valence-electron chi connectivity index (χ0n) is 9.63. The van der Waals surface area contributed by atoms with E-state index in [4.69, 9.17) is 5.73 Å². The lowest BCUT2D eigenvalue weighted by molar-refractivity contribution is -0.136. The largest absolute Gasteiger partial charge is 0.418 e. The minimum atomic E-state index is -4.54. The average molecular weight is 258 g/mol. The molecule has 1 aliphatic rings. The average Bonchev–Trinajstić information content (AvgIpc) is 2.80. The van der Waals surface area contributed by atoms with Crippen molar-refractivity contribution in [3.05, 3.63) is 29.3 Å². The number of carbonyl (C=O) groups excluding carboxylic acids is 1. The number of carbonyl (C=O) groups is 1. The number of alkyl halides is 3. The Bertz CT molecular complexity index is 465. The van der Waals surface area contributed by atoms with Gasteiger partial charge < -0.3 is 10.6 Å². The van der Waals surface area contributed by atoms with Crippen LogP contribution in [-0.4, -0.2) is 23.9 Å². The summed E-state index contributed by atoms with van der Waals surface area (Å²) in [5.41, 5.74) is 3.97. The van der Waals surface area contributed by atoms with Gasteiger partial charge in [-0.25, -0.2) is 0 Å². The summed E-state index contributed by atoms with van der Waals surface area (Å²) in [6.45, 7) is 1.16. The molecule has 1 heterocycles. The Morgan fingerprint density at radius 1 is 1.22 bits per heavy atom. The number of likely N-dealkylation sites (tertiary alicyclic amines) is 1.